The van der Waals surface area contributed by atoms with Crippen molar-refractivity contribution >= 4 is 11.6 Å². The normalized spacial score (nSPS) is 17.9. The van der Waals surface area contributed by atoms with Crippen LogP contribution in [0.25, 0.3) is 22.3 Å². The van der Waals surface area contributed by atoms with Crippen molar-refractivity contribution in [3.05, 3.63) is 77.3 Å². The first-order valence-electron chi connectivity index (χ1n) is 16.7. The summed E-state index contributed by atoms with van der Waals surface area (Å²) < 4.78 is 6.27. The van der Waals surface area contributed by atoms with E-state index in [4.69, 9.17) is 16.3 Å². The van der Waals surface area contributed by atoms with Gasteiger partial charge in [0.25, 0.3) is 0 Å². The van der Waals surface area contributed by atoms with E-state index < -0.39 is 0 Å². The molecule has 0 unspecified atom stereocenters. The minimum absolute atomic E-state index is 0.245. The van der Waals surface area contributed by atoms with Crippen molar-refractivity contribution in [2.24, 2.45) is 5.92 Å². The van der Waals surface area contributed by atoms with Crippen LogP contribution in [0, 0.1) is 5.92 Å². The van der Waals surface area contributed by atoms with Crippen LogP contribution in [-0.4, -0.2) is 6.10 Å². The molecule has 0 N–H and O–H groups in total. The van der Waals surface area contributed by atoms with Gasteiger partial charge in [0.2, 0.25) is 0 Å². The molecule has 0 aliphatic heterocycles. The van der Waals surface area contributed by atoms with Gasteiger partial charge in [0.05, 0.1) is 6.10 Å². The molecule has 1 nitrogen and oxygen atoms in total. The molecule has 0 aromatic heterocycles. The van der Waals surface area contributed by atoms with E-state index in [0.29, 0.717) is 5.92 Å². The summed E-state index contributed by atoms with van der Waals surface area (Å²) in [6.45, 7) is 6.76. The average molecular weight is 573 g/mol. The van der Waals surface area contributed by atoms with Crippen molar-refractivity contribution in [2.45, 2.75) is 129 Å². The van der Waals surface area contributed by atoms with Crippen molar-refractivity contribution in [1.82, 2.24) is 0 Å². The first kappa shape index (κ1) is 31.7. The lowest BCUT2D eigenvalue weighted by atomic mass is 9.76. The maximum atomic E-state index is 6.43. The summed E-state index contributed by atoms with van der Waals surface area (Å²) in [6, 6.07) is 24.2. The smallest absolute Gasteiger partial charge is 0.119 e. The first-order chi connectivity index (χ1) is 20.1. The Morgan fingerprint density at radius 1 is 0.707 bits per heavy atom. The molecule has 4 rings (SSSR count). The molecule has 222 valence electrons. The Balaban J connectivity index is 1.47. The highest BCUT2D eigenvalue weighted by atomic mass is 35.5. The molecule has 1 aliphatic rings. The lowest BCUT2D eigenvalue weighted by Crippen LogP contribution is -2.13. The zero-order chi connectivity index (χ0) is 28.9. The summed E-state index contributed by atoms with van der Waals surface area (Å²) in [7, 11) is 0. The van der Waals surface area contributed by atoms with Crippen LogP contribution in [0.15, 0.2) is 66.7 Å². The molecule has 0 radical (unpaired) electrons. The van der Waals surface area contributed by atoms with E-state index >= 15 is 0 Å². The van der Waals surface area contributed by atoms with Crippen LogP contribution in [0.1, 0.15) is 129 Å². The van der Waals surface area contributed by atoms with E-state index in [1.165, 1.54) is 118 Å². The maximum absolute atomic E-state index is 6.43. The van der Waals surface area contributed by atoms with E-state index in [9.17, 15) is 0 Å². The summed E-state index contributed by atoms with van der Waals surface area (Å²) in [5.41, 5.74) is 6.45. The Bertz CT molecular complexity index is 1160. The molecule has 3 aromatic carbocycles. The predicted octanol–water partition coefficient (Wildman–Crippen LogP) is 13.0. The highest BCUT2D eigenvalue weighted by Crippen LogP contribution is 2.41. The van der Waals surface area contributed by atoms with Crippen LogP contribution >= 0.6 is 11.6 Å². The predicted molar refractivity (Wildman–Crippen MR) is 179 cm³/mol. The van der Waals surface area contributed by atoms with Crippen molar-refractivity contribution in [3.8, 4) is 28.0 Å². The lowest BCUT2D eigenvalue weighted by molar-refractivity contribution is 0.206. The monoisotopic (exact) mass is 572 g/mol. The van der Waals surface area contributed by atoms with Gasteiger partial charge in [0.1, 0.15) is 5.75 Å². The summed E-state index contributed by atoms with van der Waals surface area (Å²) in [5.74, 6) is 2.56. The van der Waals surface area contributed by atoms with Crippen LogP contribution in [0.2, 0.25) is 5.02 Å². The van der Waals surface area contributed by atoms with Gasteiger partial charge >= 0.3 is 0 Å². The molecule has 2 heteroatoms. The second-order valence-electron chi connectivity index (χ2n) is 12.5. The fourth-order valence-electron chi connectivity index (χ4n) is 6.65. The summed E-state index contributed by atoms with van der Waals surface area (Å²) >= 11 is 6.43. The minimum atomic E-state index is 0.245. The van der Waals surface area contributed by atoms with Gasteiger partial charge in [-0.25, -0.2) is 0 Å². The number of rotatable bonds is 16. The molecule has 41 heavy (non-hydrogen) atoms. The third kappa shape index (κ3) is 9.92. The van der Waals surface area contributed by atoms with Crippen LogP contribution in [-0.2, 0) is 0 Å². The van der Waals surface area contributed by atoms with E-state index in [1.54, 1.807) is 0 Å². The highest BCUT2D eigenvalue weighted by molar-refractivity contribution is 6.30. The number of halogens is 1. The van der Waals surface area contributed by atoms with E-state index in [2.05, 4.69) is 81.4 Å². The quantitative estimate of drug-likeness (QED) is 0.155. The van der Waals surface area contributed by atoms with Crippen LogP contribution in [0.3, 0.4) is 0 Å². The fourth-order valence-corrected chi connectivity index (χ4v) is 6.84. The van der Waals surface area contributed by atoms with E-state index in [0.717, 1.165) is 23.1 Å². The number of hydrogen-bond acceptors (Lipinski definition) is 1. The summed E-state index contributed by atoms with van der Waals surface area (Å²) in [5, 5.41) is 0.780. The number of benzene rings is 3. The Morgan fingerprint density at radius 3 is 2.12 bits per heavy atom. The number of unbranched alkanes of at least 4 members (excludes halogenated alkanes) is 7. The molecule has 1 atom stereocenters. The Hall–Kier alpha value is -2.25. The Kier molecular flexibility index (Phi) is 13.1. The molecule has 0 spiro atoms. The molecular formula is C39H53ClO. The van der Waals surface area contributed by atoms with Gasteiger partial charge < -0.3 is 4.74 Å². The zero-order valence-electron chi connectivity index (χ0n) is 26.0. The van der Waals surface area contributed by atoms with Crippen LogP contribution in [0.5, 0.6) is 5.75 Å². The van der Waals surface area contributed by atoms with Gasteiger partial charge in [-0.05, 0) is 109 Å². The summed E-state index contributed by atoms with van der Waals surface area (Å²) in [4.78, 5) is 0. The SMILES string of the molecule is CCCCCCC[C@H]1CC[C@H](c2ccc(-c3cccc(Cl)c3)c(-c3ccc(O[C@@H](C)CCCCCC)cc3)c2)CC1. The Morgan fingerprint density at radius 2 is 1.41 bits per heavy atom. The van der Waals surface area contributed by atoms with Crippen molar-refractivity contribution in [2.75, 3.05) is 0 Å². The second-order valence-corrected chi connectivity index (χ2v) is 13.0. The largest absolute Gasteiger partial charge is 0.491 e. The van der Waals surface area contributed by atoms with Gasteiger partial charge in [0, 0.05) is 5.02 Å². The third-order valence-corrected chi connectivity index (χ3v) is 9.42. The molecule has 0 saturated heterocycles. The number of hydrogen-bond donors (Lipinski definition) is 0. The molecule has 0 bridgehead atoms. The highest BCUT2D eigenvalue weighted by Gasteiger charge is 2.23. The van der Waals surface area contributed by atoms with Gasteiger partial charge in [0.15, 0.2) is 0 Å². The molecule has 1 saturated carbocycles. The van der Waals surface area contributed by atoms with Gasteiger partial charge in [-0.15, -0.1) is 0 Å². The average Bonchev–Trinajstić information content (AvgIpc) is 3.00. The third-order valence-electron chi connectivity index (χ3n) is 9.18. The molecule has 3 aromatic rings. The van der Waals surface area contributed by atoms with Crippen molar-refractivity contribution < 1.29 is 4.74 Å². The Labute approximate surface area is 256 Å². The topological polar surface area (TPSA) is 9.23 Å². The van der Waals surface area contributed by atoms with Gasteiger partial charge in [-0.2, -0.15) is 0 Å². The lowest BCUT2D eigenvalue weighted by Gasteiger charge is -2.29. The second kappa shape index (κ2) is 17.0. The summed E-state index contributed by atoms with van der Waals surface area (Å²) in [6.07, 6.45) is 20.3. The minimum Gasteiger partial charge on any atom is -0.491 e. The molecule has 0 amide bonds. The van der Waals surface area contributed by atoms with Crippen molar-refractivity contribution in [1.29, 1.82) is 0 Å². The van der Waals surface area contributed by atoms with Crippen molar-refractivity contribution in [3.63, 3.8) is 0 Å². The van der Waals surface area contributed by atoms with E-state index in [-0.39, 0.29) is 6.10 Å². The maximum Gasteiger partial charge on any atom is 0.119 e. The molecule has 1 fully saturated rings. The molecule has 0 heterocycles. The fraction of sp³-hybridized carbons (Fsp3) is 0.538. The van der Waals surface area contributed by atoms with Gasteiger partial charge in [-0.1, -0.05) is 126 Å². The van der Waals surface area contributed by atoms with E-state index in [1.807, 2.05) is 6.07 Å². The van der Waals surface area contributed by atoms with Gasteiger partial charge in [-0.3, -0.25) is 0 Å². The standard InChI is InChI=1S/C39H53ClO/c1-4-6-8-10-12-15-31-18-20-32(21-19-31)34-24-27-38(35-16-13-17-36(40)28-35)39(29-34)33-22-25-37(26-23-33)41-30(3)14-11-9-7-5-2/h13,16-17,22-32H,4-12,14-15,18-21H2,1-3H3/t30-,31-,32-/m0/s1. The van der Waals surface area contributed by atoms with Crippen LogP contribution < -0.4 is 4.74 Å². The molecular weight excluding hydrogens is 520 g/mol. The first-order valence-corrected chi connectivity index (χ1v) is 17.1. The number of ether oxygens (including phenoxy) is 1. The van der Waals surface area contributed by atoms with Crippen LogP contribution in [0.4, 0.5) is 0 Å². The zero-order valence-corrected chi connectivity index (χ0v) is 26.7. The molecule has 1 aliphatic carbocycles.